The summed E-state index contributed by atoms with van der Waals surface area (Å²) in [7, 11) is 0. The Morgan fingerprint density at radius 1 is 0.875 bits per heavy atom. The molecule has 0 spiro atoms. The zero-order valence-electron chi connectivity index (χ0n) is 12.2. The second-order valence-electron chi connectivity index (χ2n) is 5.09. The molecule has 122 valence electrons. The highest BCUT2D eigenvalue weighted by molar-refractivity contribution is 6.03. The molecular formula is C18H11F3O3. The van der Waals surface area contributed by atoms with Crippen molar-refractivity contribution < 1.29 is 27.8 Å². The molecule has 3 rings (SSSR count). The number of carboxylic acid groups (broad SMARTS) is 1. The lowest BCUT2D eigenvalue weighted by atomic mass is 9.95. The Kier molecular flexibility index (Phi) is 3.89. The predicted octanol–water partition coefficient (Wildman–Crippen LogP) is 5.10. The lowest BCUT2D eigenvalue weighted by Gasteiger charge is -2.15. The first-order valence-electron chi connectivity index (χ1n) is 6.96. The van der Waals surface area contributed by atoms with Gasteiger partial charge in [0, 0.05) is 11.1 Å². The Morgan fingerprint density at radius 2 is 1.46 bits per heavy atom. The number of halogens is 3. The van der Waals surface area contributed by atoms with Crippen LogP contribution < -0.4 is 4.74 Å². The molecule has 24 heavy (non-hydrogen) atoms. The Morgan fingerprint density at radius 3 is 2.08 bits per heavy atom. The van der Waals surface area contributed by atoms with Crippen LogP contribution in [0.2, 0.25) is 0 Å². The van der Waals surface area contributed by atoms with Crippen LogP contribution in [-0.4, -0.2) is 17.4 Å². The van der Waals surface area contributed by atoms with Gasteiger partial charge < -0.3 is 9.84 Å². The van der Waals surface area contributed by atoms with Gasteiger partial charge in [0.25, 0.3) is 0 Å². The molecule has 0 unspecified atom stereocenters. The minimum absolute atomic E-state index is 0.0676. The fourth-order valence-corrected chi connectivity index (χ4v) is 2.54. The van der Waals surface area contributed by atoms with Crippen molar-refractivity contribution in [1.82, 2.24) is 0 Å². The normalized spacial score (nSPS) is 11.5. The lowest BCUT2D eigenvalue weighted by molar-refractivity contribution is -0.274. The third kappa shape index (κ3) is 3.17. The third-order valence-electron chi connectivity index (χ3n) is 3.52. The summed E-state index contributed by atoms with van der Waals surface area (Å²) in [6.07, 6.45) is -4.86. The Hall–Kier alpha value is -3.02. The number of fused-ring (bicyclic) bond motifs is 1. The molecule has 0 bridgehead atoms. The van der Waals surface area contributed by atoms with Crippen LogP contribution in [0.3, 0.4) is 0 Å². The number of benzene rings is 3. The molecular weight excluding hydrogens is 321 g/mol. The summed E-state index contributed by atoms with van der Waals surface area (Å²) < 4.78 is 41.9. The van der Waals surface area contributed by atoms with Crippen molar-refractivity contribution in [2.45, 2.75) is 6.36 Å². The van der Waals surface area contributed by atoms with Crippen molar-refractivity contribution in [3.63, 3.8) is 0 Å². The van der Waals surface area contributed by atoms with Crippen molar-refractivity contribution in [3.05, 3.63) is 66.2 Å². The summed E-state index contributed by atoms with van der Waals surface area (Å²) in [6, 6.07) is 15.5. The van der Waals surface area contributed by atoms with E-state index in [4.69, 9.17) is 0 Å². The highest BCUT2D eigenvalue weighted by Gasteiger charge is 2.32. The molecule has 0 aliphatic heterocycles. The highest BCUT2D eigenvalue weighted by atomic mass is 19.4. The minimum atomic E-state index is -4.86. The lowest BCUT2D eigenvalue weighted by Crippen LogP contribution is -2.17. The van der Waals surface area contributed by atoms with Gasteiger partial charge in [-0.05, 0) is 29.0 Å². The van der Waals surface area contributed by atoms with Gasteiger partial charge in [0.1, 0.15) is 5.75 Å². The van der Waals surface area contributed by atoms with E-state index < -0.39 is 18.1 Å². The van der Waals surface area contributed by atoms with Crippen LogP contribution in [0.1, 0.15) is 10.4 Å². The van der Waals surface area contributed by atoms with Crippen LogP contribution in [0.15, 0.2) is 60.7 Å². The molecule has 0 radical (unpaired) electrons. The Bertz CT molecular complexity index is 917. The average molecular weight is 332 g/mol. The van der Waals surface area contributed by atoms with E-state index in [-0.39, 0.29) is 16.7 Å². The number of carbonyl (C=O) groups is 1. The number of hydrogen-bond acceptors (Lipinski definition) is 2. The van der Waals surface area contributed by atoms with Crippen molar-refractivity contribution in [2.24, 2.45) is 0 Å². The van der Waals surface area contributed by atoms with Crippen LogP contribution in [0.5, 0.6) is 5.75 Å². The van der Waals surface area contributed by atoms with E-state index in [0.717, 1.165) is 11.5 Å². The molecule has 1 N–H and O–H groups in total. The SMILES string of the molecule is O=C(O)c1cc2ccccc2cc1-c1ccccc1OC(F)(F)F. The number of ether oxygens (including phenoxy) is 1. The van der Waals surface area contributed by atoms with Crippen LogP contribution in [0.25, 0.3) is 21.9 Å². The fourth-order valence-electron chi connectivity index (χ4n) is 2.54. The average Bonchev–Trinajstić information content (AvgIpc) is 2.52. The van der Waals surface area contributed by atoms with Gasteiger partial charge in [-0.25, -0.2) is 4.79 Å². The number of hydrogen-bond donors (Lipinski definition) is 1. The van der Waals surface area contributed by atoms with E-state index in [9.17, 15) is 23.1 Å². The molecule has 6 heteroatoms. The summed E-state index contributed by atoms with van der Waals surface area (Å²) in [5, 5.41) is 10.9. The van der Waals surface area contributed by atoms with E-state index >= 15 is 0 Å². The van der Waals surface area contributed by atoms with Gasteiger partial charge in [-0.2, -0.15) is 0 Å². The first-order valence-corrected chi connectivity index (χ1v) is 6.96. The second kappa shape index (κ2) is 5.88. The summed E-state index contributed by atoms with van der Waals surface area (Å²) in [5.74, 6) is -1.67. The molecule has 0 fully saturated rings. The predicted molar refractivity (Wildman–Crippen MR) is 83.0 cm³/mol. The minimum Gasteiger partial charge on any atom is -0.478 e. The molecule has 3 aromatic carbocycles. The standard InChI is InChI=1S/C18H11F3O3/c19-18(20,21)24-16-8-4-3-7-13(16)14-9-11-5-1-2-6-12(11)10-15(14)17(22)23/h1-10H,(H,22,23). The highest BCUT2D eigenvalue weighted by Crippen LogP contribution is 2.37. The maximum atomic E-state index is 12.6. The molecule has 0 aliphatic carbocycles. The van der Waals surface area contributed by atoms with Crippen molar-refractivity contribution in [1.29, 1.82) is 0 Å². The zero-order valence-corrected chi connectivity index (χ0v) is 12.2. The van der Waals surface area contributed by atoms with Gasteiger partial charge in [0.05, 0.1) is 5.56 Å². The summed E-state index contributed by atoms with van der Waals surface area (Å²) >= 11 is 0. The molecule has 3 nitrogen and oxygen atoms in total. The zero-order chi connectivity index (χ0) is 17.3. The molecule has 0 saturated carbocycles. The van der Waals surface area contributed by atoms with E-state index in [1.54, 1.807) is 30.3 Å². The first-order chi connectivity index (χ1) is 11.3. The monoisotopic (exact) mass is 332 g/mol. The quantitative estimate of drug-likeness (QED) is 0.725. The van der Waals surface area contributed by atoms with Gasteiger partial charge in [-0.3, -0.25) is 0 Å². The van der Waals surface area contributed by atoms with Crippen molar-refractivity contribution in [2.75, 3.05) is 0 Å². The molecule has 0 atom stereocenters. The largest absolute Gasteiger partial charge is 0.573 e. The maximum Gasteiger partial charge on any atom is 0.573 e. The van der Waals surface area contributed by atoms with Gasteiger partial charge in [-0.1, -0.05) is 42.5 Å². The van der Waals surface area contributed by atoms with Crippen molar-refractivity contribution in [3.8, 4) is 16.9 Å². The van der Waals surface area contributed by atoms with Crippen LogP contribution in [0, 0.1) is 0 Å². The smallest absolute Gasteiger partial charge is 0.478 e. The van der Waals surface area contributed by atoms with E-state index in [1.165, 1.54) is 24.3 Å². The van der Waals surface area contributed by atoms with Gasteiger partial charge in [0.15, 0.2) is 0 Å². The molecule has 0 saturated heterocycles. The summed E-state index contributed by atoms with van der Waals surface area (Å²) in [6.45, 7) is 0. The second-order valence-corrected chi connectivity index (χ2v) is 5.09. The third-order valence-corrected chi connectivity index (χ3v) is 3.52. The summed E-state index contributed by atoms with van der Waals surface area (Å²) in [5.41, 5.74) is 0.144. The molecule has 0 amide bonds. The number of rotatable bonds is 3. The van der Waals surface area contributed by atoms with Crippen LogP contribution >= 0.6 is 0 Å². The van der Waals surface area contributed by atoms with Gasteiger partial charge >= 0.3 is 12.3 Å². The van der Waals surface area contributed by atoms with Crippen molar-refractivity contribution >= 4 is 16.7 Å². The van der Waals surface area contributed by atoms with Crippen LogP contribution in [0.4, 0.5) is 13.2 Å². The van der Waals surface area contributed by atoms with E-state index in [1.807, 2.05) is 0 Å². The molecule has 3 aromatic rings. The Balaban J connectivity index is 2.26. The van der Waals surface area contributed by atoms with Crippen LogP contribution in [-0.2, 0) is 0 Å². The van der Waals surface area contributed by atoms with E-state index in [2.05, 4.69) is 4.74 Å². The van der Waals surface area contributed by atoms with Gasteiger partial charge in [0.2, 0.25) is 0 Å². The Labute approximate surface area is 134 Å². The number of alkyl halides is 3. The first kappa shape index (κ1) is 15.9. The number of carboxylic acids is 1. The van der Waals surface area contributed by atoms with Gasteiger partial charge in [-0.15, -0.1) is 13.2 Å². The number of aromatic carboxylic acids is 1. The van der Waals surface area contributed by atoms with E-state index in [0.29, 0.717) is 5.39 Å². The summed E-state index contributed by atoms with van der Waals surface area (Å²) in [4.78, 5) is 11.6. The number of para-hydroxylation sites is 1. The maximum absolute atomic E-state index is 12.6. The molecule has 0 aromatic heterocycles. The fraction of sp³-hybridized carbons (Fsp3) is 0.0556. The molecule has 0 heterocycles. The molecule has 0 aliphatic rings. The topological polar surface area (TPSA) is 46.5 Å².